The molecule has 88 valence electrons. The van der Waals surface area contributed by atoms with Gasteiger partial charge in [0.1, 0.15) is 0 Å². The molecule has 4 nitrogen and oxygen atoms in total. The quantitative estimate of drug-likeness (QED) is 0.696. The Morgan fingerprint density at radius 1 is 1.40 bits per heavy atom. The third-order valence-electron chi connectivity index (χ3n) is 1.85. The molecule has 0 aliphatic rings. The number of hydrogen-bond donors (Lipinski definition) is 2. The zero-order valence-corrected chi connectivity index (χ0v) is 9.82. The fraction of sp³-hybridized carbons (Fsp3) is 0.778. The fourth-order valence-corrected chi connectivity index (χ4v) is 0.943. The summed E-state index contributed by atoms with van der Waals surface area (Å²) in [4.78, 5) is 22.3. The van der Waals surface area contributed by atoms with Gasteiger partial charge in [-0.25, -0.2) is 4.39 Å². The maximum atomic E-state index is 12.3. The average Bonchev–Trinajstić information content (AvgIpc) is 2.14. The Labute approximate surface area is 93.6 Å². The molecule has 0 rings (SSSR count). The summed E-state index contributed by atoms with van der Waals surface area (Å²) in [6, 6.07) is 0. The largest absolute Gasteiger partial charge is 0.356 e. The fourth-order valence-electron chi connectivity index (χ4n) is 0.865. The number of alkyl halides is 2. The lowest BCUT2D eigenvalue weighted by Crippen LogP contribution is -2.45. The molecule has 2 amide bonds. The van der Waals surface area contributed by atoms with E-state index < -0.39 is 17.0 Å². The zero-order valence-electron chi connectivity index (χ0n) is 9.06. The predicted octanol–water partition coefficient (Wildman–Crippen LogP) is 0.799. The van der Waals surface area contributed by atoms with Crippen molar-refractivity contribution in [2.45, 2.75) is 26.4 Å². The van der Waals surface area contributed by atoms with Crippen molar-refractivity contribution in [3.63, 3.8) is 0 Å². The molecular formula is C9H16ClFN2O2. The predicted molar refractivity (Wildman–Crippen MR) is 56.2 cm³/mol. The first-order chi connectivity index (χ1) is 6.81. The average molecular weight is 239 g/mol. The number of carbonyl (C=O) groups excluding carboxylic acids is 2. The molecule has 0 aromatic rings. The molecule has 0 aromatic heterocycles. The molecule has 0 bridgehead atoms. The van der Waals surface area contributed by atoms with E-state index in [0.717, 1.165) is 0 Å². The molecular weight excluding hydrogens is 223 g/mol. The Morgan fingerprint density at radius 2 is 1.93 bits per heavy atom. The number of halogens is 2. The van der Waals surface area contributed by atoms with Crippen LogP contribution in [0, 0.1) is 5.41 Å². The number of rotatable bonds is 5. The van der Waals surface area contributed by atoms with E-state index in [-0.39, 0.29) is 12.5 Å². The third-order valence-corrected chi connectivity index (χ3v) is 2.05. The van der Waals surface area contributed by atoms with Gasteiger partial charge in [-0.3, -0.25) is 9.59 Å². The van der Waals surface area contributed by atoms with Gasteiger partial charge in [0, 0.05) is 13.1 Å². The molecule has 1 atom stereocenters. The monoisotopic (exact) mass is 238 g/mol. The maximum Gasteiger partial charge on any atom is 0.270 e. The lowest BCUT2D eigenvalue weighted by Gasteiger charge is -2.23. The van der Waals surface area contributed by atoms with Gasteiger partial charge in [0.15, 0.2) is 0 Å². The Hall–Kier alpha value is -0.840. The smallest absolute Gasteiger partial charge is 0.270 e. The SMILES string of the molecule is CCNC(=O)C(C)(C)CNC(=O)C(F)Cl. The lowest BCUT2D eigenvalue weighted by molar-refractivity contribution is -0.130. The standard InChI is InChI=1S/C9H16ClFN2O2/c1-4-12-8(15)9(2,3)5-13-7(14)6(10)11/h6H,4-5H2,1-3H3,(H,12,15)(H,13,14). The van der Waals surface area contributed by atoms with E-state index in [4.69, 9.17) is 11.6 Å². The summed E-state index contributed by atoms with van der Waals surface area (Å²) in [6.45, 7) is 5.66. The van der Waals surface area contributed by atoms with Gasteiger partial charge in [0.25, 0.3) is 11.5 Å². The van der Waals surface area contributed by atoms with Crippen LogP contribution in [0.5, 0.6) is 0 Å². The van der Waals surface area contributed by atoms with Gasteiger partial charge in [0.05, 0.1) is 5.41 Å². The Bertz CT molecular complexity index is 244. The number of carbonyl (C=O) groups is 2. The second kappa shape index (κ2) is 5.90. The van der Waals surface area contributed by atoms with Crippen LogP contribution in [0.15, 0.2) is 0 Å². The van der Waals surface area contributed by atoms with E-state index in [1.54, 1.807) is 20.8 Å². The molecule has 0 aliphatic carbocycles. The number of nitrogens with one attached hydrogen (secondary N) is 2. The highest BCUT2D eigenvalue weighted by molar-refractivity contribution is 6.29. The minimum atomic E-state index is -2.07. The molecule has 15 heavy (non-hydrogen) atoms. The van der Waals surface area contributed by atoms with Gasteiger partial charge >= 0.3 is 0 Å². The van der Waals surface area contributed by atoms with Crippen LogP contribution in [0.2, 0.25) is 0 Å². The number of hydrogen-bond acceptors (Lipinski definition) is 2. The van der Waals surface area contributed by atoms with Gasteiger partial charge in [0.2, 0.25) is 5.91 Å². The van der Waals surface area contributed by atoms with Crippen molar-refractivity contribution in [3.8, 4) is 0 Å². The molecule has 6 heteroatoms. The second-order valence-corrected chi connectivity index (χ2v) is 4.15. The summed E-state index contributed by atoms with van der Waals surface area (Å²) >= 11 is 4.92. The van der Waals surface area contributed by atoms with Gasteiger partial charge < -0.3 is 10.6 Å². The second-order valence-electron chi connectivity index (χ2n) is 3.76. The van der Waals surface area contributed by atoms with Crippen molar-refractivity contribution in [1.82, 2.24) is 10.6 Å². The lowest BCUT2D eigenvalue weighted by atomic mass is 9.92. The topological polar surface area (TPSA) is 58.2 Å². The zero-order chi connectivity index (χ0) is 12.1. The van der Waals surface area contributed by atoms with Crippen LogP contribution >= 0.6 is 11.6 Å². The van der Waals surface area contributed by atoms with Crippen molar-refractivity contribution in [3.05, 3.63) is 0 Å². The van der Waals surface area contributed by atoms with E-state index in [0.29, 0.717) is 6.54 Å². The van der Waals surface area contributed by atoms with Crippen LogP contribution in [-0.4, -0.2) is 30.5 Å². The molecule has 0 heterocycles. The van der Waals surface area contributed by atoms with Crippen LogP contribution < -0.4 is 10.6 Å². The molecule has 1 unspecified atom stereocenters. The van der Waals surface area contributed by atoms with Crippen molar-refractivity contribution in [2.75, 3.05) is 13.1 Å². The first-order valence-electron chi connectivity index (χ1n) is 4.65. The summed E-state index contributed by atoms with van der Waals surface area (Å²) in [5, 5.41) is 4.88. The van der Waals surface area contributed by atoms with E-state index in [9.17, 15) is 14.0 Å². The van der Waals surface area contributed by atoms with Crippen LogP contribution in [0.1, 0.15) is 20.8 Å². The molecule has 0 aromatic carbocycles. The van der Waals surface area contributed by atoms with E-state index in [1.807, 2.05) is 0 Å². The molecule has 0 saturated carbocycles. The maximum absolute atomic E-state index is 12.3. The minimum absolute atomic E-state index is 0.0464. The van der Waals surface area contributed by atoms with Crippen LogP contribution in [-0.2, 0) is 9.59 Å². The highest BCUT2D eigenvalue weighted by Crippen LogP contribution is 2.13. The van der Waals surface area contributed by atoms with Gasteiger partial charge in [-0.1, -0.05) is 11.6 Å². The molecule has 2 N–H and O–H groups in total. The Morgan fingerprint density at radius 3 is 2.33 bits per heavy atom. The van der Waals surface area contributed by atoms with Crippen molar-refractivity contribution in [1.29, 1.82) is 0 Å². The van der Waals surface area contributed by atoms with Crippen molar-refractivity contribution < 1.29 is 14.0 Å². The molecule has 0 fully saturated rings. The summed E-state index contributed by atoms with van der Waals surface area (Å²) in [6.07, 6.45) is 0. The minimum Gasteiger partial charge on any atom is -0.356 e. The number of amides is 2. The first kappa shape index (κ1) is 14.2. The highest BCUT2D eigenvalue weighted by Gasteiger charge is 2.28. The molecule has 0 aliphatic heterocycles. The van der Waals surface area contributed by atoms with Gasteiger partial charge in [-0.15, -0.1) is 0 Å². The molecule has 0 spiro atoms. The third kappa shape index (κ3) is 4.97. The summed E-state index contributed by atoms with van der Waals surface area (Å²) in [7, 11) is 0. The molecule has 0 radical (unpaired) electrons. The van der Waals surface area contributed by atoms with Gasteiger partial charge in [-0.2, -0.15) is 0 Å². The summed E-state index contributed by atoms with van der Waals surface area (Å²) in [5.74, 6) is -1.12. The van der Waals surface area contributed by atoms with E-state index >= 15 is 0 Å². The van der Waals surface area contributed by atoms with Crippen LogP contribution in [0.3, 0.4) is 0 Å². The normalized spacial score (nSPS) is 13.1. The molecule has 0 saturated heterocycles. The van der Waals surface area contributed by atoms with Crippen LogP contribution in [0.25, 0.3) is 0 Å². The summed E-state index contributed by atoms with van der Waals surface area (Å²) < 4.78 is 12.3. The van der Waals surface area contributed by atoms with Crippen molar-refractivity contribution in [2.24, 2.45) is 5.41 Å². The summed E-state index contributed by atoms with van der Waals surface area (Å²) in [5.41, 5.74) is -2.85. The van der Waals surface area contributed by atoms with E-state index in [1.165, 1.54) is 0 Å². The highest BCUT2D eigenvalue weighted by atomic mass is 35.5. The Balaban J connectivity index is 4.14. The van der Waals surface area contributed by atoms with Crippen molar-refractivity contribution >= 4 is 23.4 Å². The van der Waals surface area contributed by atoms with E-state index in [2.05, 4.69) is 10.6 Å². The van der Waals surface area contributed by atoms with Crippen LogP contribution in [0.4, 0.5) is 4.39 Å². The van der Waals surface area contributed by atoms with Gasteiger partial charge in [-0.05, 0) is 20.8 Å². The first-order valence-corrected chi connectivity index (χ1v) is 5.09. The Kier molecular flexibility index (Phi) is 5.57.